The number of nitrogens with one attached hydrogen (secondary N) is 1. The third-order valence-electron chi connectivity index (χ3n) is 15.0. The molecule has 1 unspecified atom stereocenters. The standard InChI is InChI=1S/C55H62N2O19/c1-8-69-50(66)35(56)24-39(61)70-27-40(62)74-44(42(32-18-12-9-13-19-32)57-48(64)33-20-14-10-15-21-33)51(67)73-36-26-55(68)47(75-49(65)34-22-16-11-17-23-34)45-53(7,37(60)25-38-54(45,28-71-38)76-31(4)59)46(63)43(72-30(3)58)41(29(36)2)52(55,5)6/h9-23,35-38,42-45,47,60,68H,8,24-28,56H2,1-7H3,(H,57,64)/t35?,36-,37-,38+,42-,43+,44+,45-,47-,53+,54-,55+/m0/s1. The third kappa shape index (κ3) is 10.7. The van der Waals surface area contributed by atoms with Gasteiger partial charge in [-0.25, -0.2) is 14.4 Å². The summed E-state index contributed by atoms with van der Waals surface area (Å²) in [7, 11) is 0. The lowest BCUT2D eigenvalue weighted by Gasteiger charge is -2.67. The van der Waals surface area contributed by atoms with E-state index in [1.807, 2.05) is 0 Å². The zero-order valence-electron chi connectivity index (χ0n) is 43.0. The fraction of sp³-hybridized carbons (Fsp3) is 0.473. The van der Waals surface area contributed by atoms with Crippen LogP contribution in [0.5, 0.6) is 0 Å². The van der Waals surface area contributed by atoms with E-state index >= 15 is 9.59 Å². The van der Waals surface area contributed by atoms with Crippen LogP contribution in [0.3, 0.4) is 0 Å². The van der Waals surface area contributed by atoms with Gasteiger partial charge in [0.2, 0.25) is 6.10 Å². The molecule has 0 radical (unpaired) electrons. The van der Waals surface area contributed by atoms with Gasteiger partial charge in [0.1, 0.15) is 36.0 Å². The number of hydrogen-bond donors (Lipinski definition) is 4. The summed E-state index contributed by atoms with van der Waals surface area (Å²) in [6.07, 6.45) is -12.1. The zero-order chi connectivity index (χ0) is 55.5. The third-order valence-corrected chi connectivity index (χ3v) is 15.0. The Kier molecular flexibility index (Phi) is 16.7. The van der Waals surface area contributed by atoms with Crippen molar-refractivity contribution in [1.82, 2.24) is 5.32 Å². The highest BCUT2D eigenvalue weighted by Crippen LogP contribution is 2.64. The Morgan fingerprint density at radius 2 is 1.41 bits per heavy atom. The Labute approximate surface area is 437 Å². The molecule has 5 N–H and O–H groups in total. The van der Waals surface area contributed by atoms with E-state index in [1.54, 1.807) is 54.6 Å². The Morgan fingerprint density at radius 1 is 0.803 bits per heavy atom. The summed E-state index contributed by atoms with van der Waals surface area (Å²) in [5.41, 5.74) is -2.31. The summed E-state index contributed by atoms with van der Waals surface area (Å²) in [5.74, 6) is -10.9. The predicted molar refractivity (Wildman–Crippen MR) is 262 cm³/mol. The Bertz CT molecular complexity index is 2770. The minimum atomic E-state index is -2.54. The molecule has 76 heavy (non-hydrogen) atoms. The minimum absolute atomic E-state index is 0.00325. The van der Waals surface area contributed by atoms with E-state index in [0.717, 1.165) is 13.8 Å². The maximum atomic E-state index is 15.8. The van der Waals surface area contributed by atoms with Gasteiger partial charge in [0, 0.05) is 37.7 Å². The molecule has 3 fully saturated rings. The average Bonchev–Trinajstić information content (AvgIpc) is 3.58. The molecule has 1 heterocycles. The Morgan fingerprint density at radius 3 is 1.97 bits per heavy atom. The highest BCUT2D eigenvalue weighted by atomic mass is 16.6. The van der Waals surface area contributed by atoms with Crippen molar-refractivity contribution >= 4 is 53.5 Å². The number of aliphatic hydroxyl groups is 2. The van der Waals surface area contributed by atoms with Gasteiger partial charge in [-0.1, -0.05) is 80.6 Å². The van der Waals surface area contributed by atoms with Crippen molar-refractivity contribution in [1.29, 1.82) is 0 Å². The average molecular weight is 1060 g/mol. The largest absolute Gasteiger partial charge is 0.465 e. The zero-order valence-corrected chi connectivity index (χ0v) is 43.0. The number of carbonyl (C=O) groups excluding carboxylic acids is 9. The van der Waals surface area contributed by atoms with Crippen molar-refractivity contribution < 1.29 is 91.3 Å². The molecule has 1 amide bonds. The Hall–Kier alpha value is -7.33. The number of ether oxygens (including phenoxy) is 8. The maximum Gasteiger partial charge on any atom is 0.350 e. The number of esters is 7. The van der Waals surface area contributed by atoms with Gasteiger partial charge in [-0.05, 0) is 61.7 Å². The summed E-state index contributed by atoms with van der Waals surface area (Å²) >= 11 is 0. The van der Waals surface area contributed by atoms with Crippen LogP contribution >= 0.6 is 0 Å². The fourth-order valence-electron chi connectivity index (χ4n) is 11.2. The second kappa shape index (κ2) is 22.5. The van der Waals surface area contributed by atoms with Gasteiger partial charge >= 0.3 is 41.8 Å². The second-order valence-corrected chi connectivity index (χ2v) is 20.0. The van der Waals surface area contributed by atoms with Gasteiger partial charge < -0.3 is 59.2 Å². The number of Topliss-reactive ketones (excluding diaryl/α,β-unsaturated/α-hetero) is 1. The molecule has 21 heteroatoms. The number of rotatable bonds is 17. The SMILES string of the molecule is CCOC(=O)C(N)CC(=O)OCC(=O)O[C@@H](C(=O)O[C@H]1C[C@@]2(O)[C@@H](OC(=O)c3ccccc3)[C@@H]3[C@]4(OC(C)=O)CO[C@@H]4C[C@H](O)[C@@]3(C)C(=O)[C@H](OC(C)=O)C(=C1C)C2(C)C)[C@@H](NC(=O)c1ccccc1)c1ccccc1. The van der Waals surface area contributed by atoms with Gasteiger partial charge in [-0.15, -0.1) is 0 Å². The summed E-state index contributed by atoms with van der Waals surface area (Å²) in [5, 5.41) is 28.9. The number of aliphatic hydroxyl groups excluding tert-OH is 1. The van der Waals surface area contributed by atoms with Crippen LogP contribution in [0.25, 0.3) is 0 Å². The molecule has 0 spiro atoms. The molecule has 0 aromatic heterocycles. The molecule has 2 bridgehead atoms. The lowest BCUT2D eigenvalue weighted by atomic mass is 9.44. The minimum Gasteiger partial charge on any atom is -0.465 e. The van der Waals surface area contributed by atoms with Gasteiger partial charge in [-0.2, -0.15) is 0 Å². The van der Waals surface area contributed by atoms with E-state index < -0.39 is 150 Å². The summed E-state index contributed by atoms with van der Waals surface area (Å²) in [6.45, 7) is 7.96. The molecule has 7 rings (SSSR count). The smallest absolute Gasteiger partial charge is 0.350 e. The van der Waals surface area contributed by atoms with Crippen molar-refractivity contribution in [3.05, 3.63) is 119 Å². The predicted octanol–water partition coefficient (Wildman–Crippen LogP) is 3.11. The molecular formula is C55H62N2O19. The monoisotopic (exact) mass is 1050 g/mol. The first kappa shape index (κ1) is 56.4. The number of nitrogens with two attached hydrogens (primary N) is 1. The second-order valence-electron chi connectivity index (χ2n) is 20.0. The van der Waals surface area contributed by atoms with Crippen molar-refractivity contribution in [2.24, 2.45) is 22.5 Å². The molecule has 3 aliphatic carbocycles. The van der Waals surface area contributed by atoms with E-state index in [1.165, 1.54) is 71.0 Å². The van der Waals surface area contributed by atoms with Crippen molar-refractivity contribution in [3.63, 3.8) is 0 Å². The number of carbonyl (C=O) groups is 9. The summed E-state index contributed by atoms with van der Waals surface area (Å²) in [6, 6.07) is 20.3. The molecule has 1 aliphatic heterocycles. The topological polar surface area (TPSA) is 306 Å². The van der Waals surface area contributed by atoms with Crippen LogP contribution in [0.4, 0.5) is 0 Å². The fourth-order valence-corrected chi connectivity index (χ4v) is 11.2. The molecular weight excluding hydrogens is 993 g/mol. The first-order valence-corrected chi connectivity index (χ1v) is 24.7. The van der Waals surface area contributed by atoms with Gasteiger partial charge in [0.15, 0.2) is 24.1 Å². The first-order chi connectivity index (χ1) is 35.9. The lowest BCUT2D eigenvalue weighted by molar-refractivity contribution is -0.346. The molecule has 406 valence electrons. The molecule has 3 aromatic rings. The van der Waals surface area contributed by atoms with Gasteiger partial charge in [-0.3, -0.25) is 28.8 Å². The molecule has 4 aliphatic rings. The van der Waals surface area contributed by atoms with Crippen molar-refractivity contribution in [2.75, 3.05) is 19.8 Å². The van der Waals surface area contributed by atoms with Crippen molar-refractivity contribution in [3.8, 4) is 0 Å². The van der Waals surface area contributed by atoms with Crippen LogP contribution in [-0.4, -0.2) is 137 Å². The highest BCUT2D eigenvalue weighted by molar-refractivity contribution is 5.96. The van der Waals surface area contributed by atoms with Crippen LogP contribution < -0.4 is 11.1 Å². The van der Waals surface area contributed by atoms with E-state index in [0.29, 0.717) is 0 Å². The van der Waals surface area contributed by atoms with Crippen LogP contribution in [-0.2, 0) is 71.5 Å². The van der Waals surface area contributed by atoms with E-state index in [-0.39, 0.29) is 47.5 Å². The Balaban J connectivity index is 1.37. The van der Waals surface area contributed by atoms with Crippen LogP contribution in [0.2, 0.25) is 0 Å². The van der Waals surface area contributed by atoms with E-state index in [4.69, 9.17) is 43.6 Å². The quantitative estimate of drug-likeness (QED) is 0.0857. The van der Waals surface area contributed by atoms with Gasteiger partial charge in [0.25, 0.3) is 5.91 Å². The normalized spacial score (nSPS) is 28.3. The maximum absolute atomic E-state index is 15.8. The molecule has 1 saturated heterocycles. The van der Waals surface area contributed by atoms with Crippen LogP contribution in [0.15, 0.2) is 102 Å². The van der Waals surface area contributed by atoms with E-state index in [9.17, 15) is 43.8 Å². The summed E-state index contributed by atoms with van der Waals surface area (Å²) < 4.78 is 46.4. The van der Waals surface area contributed by atoms with Crippen LogP contribution in [0, 0.1) is 16.7 Å². The van der Waals surface area contributed by atoms with Gasteiger partial charge in [0.05, 0.1) is 42.6 Å². The number of amides is 1. The number of hydrogen-bond acceptors (Lipinski definition) is 20. The number of ketones is 1. The lowest BCUT2D eigenvalue weighted by Crippen LogP contribution is -2.82. The van der Waals surface area contributed by atoms with E-state index in [2.05, 4.69) is 5.32 Å². The molecule has 2 saturated carbocycles. The number of benzene rings is 3. The molecule has 3 aromatic carbocycles. The molecule has 21 nitrogen and oxygen atoms in total. The van der Waals surface area contributed by atoms with Crippen LogP contribution in [0.1, 0.15) is 100 Å². The summed E-state index contributed by atoms with van der Waals surface area (Å²) in [4.78, 5) is 125. The first-order valence-electron chi connectivity index (χ1n) is 24.7. The molecule has 12 atom stereocenters. The number of fused-ring (bicyclic) bond motifs is 5. The van der Waals surface area contributed by atoms with Crippen molar-refractivity contribution in [2.45, 2.75) is 128 Å². The highest BCUT2D eigenvalue weighted by Gasteiger charge is 2.78.